The third-order valence-electron chi connectivity index (χ3n) is 6.13. The zero-order valence-corrected chi connectivity index (χ0v) is 16.9. The number of nitrogens with one attached hydrogen (secondary N) is 1. The maximum absolute atomic E-state index is 15.4. The highest BCUT2D eigenvalue weighted by molar-refractivity contribution is 5.68. The number of hydrogen-bond acceptors (Lipinski definition) is 3. The second-order valence-corrected chi connectivity index (χ2v) is 8.43. The van der Waals surface area contributed by atoms with E-state index in [1.54, 1.807) is 4.90 Å². The Hall–Kier alpha value is -2.40. The van der Waals surface area contributed by atoms with Crippen molar-refractivity contribution in [1.82, 2.24) is 10.2 Å². The molecule has 0 aromatic heterocycles. The van der Waals surface area contributed by atoms with Crippen LogP contribution in [0.5, 0.6) is 0 Å². The van der Waals surface area contributed by atoms with Gasteiger partial charge in [0.15, 0.2) is 0 Å². The first-order chi connectivity index (χ1) is 14.0. The molecule has 1 saturated heterocycles. The van der Waals surface area contributed by atoms with E-state index in [0.717, 1.165) is 12.0 Å². The molecule has 2 aromatic rings. The van der Waals surface area contributed by atoms with Crippen molar-refractivity contribution in [3.05, 3.63) is 71.8 Å². The molecule has 2 aromatic carbocycles. The molecule has 4 nitrogen and oxygen atoms in total. The fraction of sp³-hybridized carbons (Fsp3) is 0.458. The molecule has 1 N–H and O–H groups in total. The van der Waals surface area contributed by atoms with Crippen LogP contribution in [-0.4, -0.2) is 41.8 Å². The Morgan fingerprint density at radius 3 is 2.55 bits per heavy atom. The largest absolute Gasteiger partial charge is 0.445 e. The minimum atomic E-state index is -1.28. The summed E-state index contributed by atoms with van der Waals surface area (Å²) in [7, 11) is 0. The van der Waals surface area contributed by atoms with Gasteiger partial charge in [-0.1, -0.05) is 60.7 Å². The highest BCUT2D eigenvalue weighted by Gasteiger charge is 2.44. The molecule has 1 amide bonds. The topological polar surface area (TPSA) is 41.6 Å². The first kappa shape index (κ1) is 19.9. The molecule has 1 heterocycles. The predicted octanol–water partition coefficient (Wildman–Crippen LogP) is 4.66. The molecule has 0 bridgehead atoms. The van der Waals surface area contributed by atoms with E-state index in [4.69, 9.17) is 4.74 Å². The van der Waals surface area contributed by atoms with Crippen molar-refractivity contribution in [2.45, 2.75) is 56.5 Å². The highest BCUT2D eigenvalue weighted by Crippen LogP contribution is 2.41. The molecule has 0 spiro atoms. The lowest BCUT2D eigenvalue weighted by molar-refractivity contribution is 0.0148. The average Bonchev–Trinajstić information content (AvgIpc) is 3.52. The summed E-state index contributed by atoms with van der Waals surface area (Å²) in [4.78, 5) is 14.1. The van der Waals surface area contributed by atoms with Crippen LogP contribution in [0.15, 0.2) is 60.7 Å². The van der Waals surface area contributed by atoms with E-state index >= 15 is 4.39 Å². The molecule has 1 aliphatic heterocycles. The van der Waals surface area contributed by atoms with Gasteiger partial charge in [-0.2, -0.15) is 0 Å². The minimum absolute atomic E-state index is 0.178. The lowest BCUT2D eigenvalue weighted by Crippen LogP contribution is -2.53. The Bertz CT molecular complexity index is 816. The van der Waals surface area contributed by atoms with Crippen LogP contribution in [0.4, 0.5) is 9.18 Å². The van der Waals surface area contributed by atoms with E-state index in [1.807, 2.05) is 43.3 Å². The molecule has 154 valence electrons. The van der Waals surface area contributed by atoms with Crippen LogP contribution >= 0.6 is 0 Å². The molecule has 0 radical (unpaired) electrons. The highest BCUT2D eigenvalue weighted by atomic mass is 19.1. The van der Waals surface area contributed by atoms with Crippen LogP contribution in [0.3, 0.4) is 0 Å². The second kappa shape index (κ2) is 8.54. The summed E-state index contributed by atoms with van der Waals surface area (Å²) in [5.74, 6) is 0.491. The van der Waals surface area contributed by atoms with Gasteiger partial charge in [-0.3, -0.25) is 0 Å². The molecular formula is C24H29FN2O2. The van der Waals surface area contributed by atoms with Gasteiger partial charge in [0.2, 0.25) is 0 Å². The van der Waals surface area contributed by atoms with Gasteiger partial charge in [-0.15, -0.1) is 0 Å². The van der Waals surface area contributed by atoms with Crippen molar-refractivity contribution >= 4 is 6.09 Å². The van der Waals surface area contributed by atoms with Crippen molar-refractivity contribution in [1.29, 1.82) is 0 Å². The standard InChI is InChI=1S/C24H29FN2O2/c1-18-15-24(25,17-26-22-14-21(22)20-10-6-3-7-11-20)12-13-27(18)23(28)29-16-19-8-4-2-5-9-19/h2-11,18,21-22,26H,12-17H2,1H3. The fourth-order valence-corrected chi connectivity index (χ4v) is 4.32. The Morgan fingerprint density at radius 1 is 1.17 bits per heavy atom. The van der Waals surface area contributed by atoms with Gasteiger partial charge in [0.25, 0.3) is 0 Å². The SMILES string of the molecule is CC1CC(F)(CNC2CC2c2ccccc2)CCN1C(=O)OCc1ccccc1. The van der Waals surface area contributed by atoms with Gasteiger partial charge in [-0.05, 0) is 24.5 Å². The molecule has 5 heteroatoms. The molecule has 4 atom stereocenters. The summed E-state index contributed by atoms with van der Waals surface area (Å²) in [6, 6.07) is 20.2. The monoisotopic (exact) mass is 396 g/mol. The second-order valence-electron chi connectivity index (χ2n) is 8.43. The fourth-order valence-electron chi connectivity index (χ4n) is 4.32. The number of amides is 1. The van der Waals surface area contributed by atoms with Crippen molar-refractivity contribution in [3.8, 4) is 0 Å². The van der Waals surface area contributed by atoms with E-state index in [2.05, 4.69) is 29.6 Å². The van der Waals surface area contributed by atoms with E-state index in [1.165, 1.54) is 5.56 Å². The number of halogens is 1. The Labute approximate surface area is 172 Å². The lowest BCUT2D eigenvalue weighted by atomic mass is 9.88. The number of benzene rings is 2. The average molecular weight is 397 g/mol. The minimum Gasteiger partial charge on any atom is -0.445 e. The van der Waals surface area contributed by atoms with E-state index in [9.17, 15) is 4.79 Å². The summed E-state index contributed by atoms with van der Waals surface area (Å²) in [6.07, 6.45) is 1.38. The molecule has 4 unspecified atom stereocenters. The van der Waals surface area contributed by atoms with Crippen molar-refractivity contribution in [2.24, 2.45) is 0 Å². The predicted molar refractivity (Wildman–Crippen MR) is 111 cm³/mol. The number of carbonyl (C=O) groups is 1. The van der Waals surface area contributed by atoms with Crippen molar-refractivity contribution < 1.29 is 13.9 Å². The molecule has 2 aliphatic rings. The molecule has 1 saturated carbocycles. The number of ether oxygens (including phenoxy) is 1. The summed E-state index contributed by atoms with van der Waals surface area (Å²) in [5, 5.41) is 3.42. The molecule has 2 fully saturated rings. The number of carbonyl (C=O) groups excluding carboxylic acids is 1. The maximum Gasteiger partial charge on any atom is 0.410 e. The summed E-state index contributed by atoms with van der Waals surface area (Å²) in [6.45, 7) is 2.88. The van der Waals surface area contributed by atoms with Crippen LogP contribution in [0.2, 0.25) is 0 Å². The van der Waals surface area contributed by atoms with Gasteiger partial charge in [0, 0.05) is 43.9 Å². The lowest BCUT2D eigenvalue weighted by Gasteiger charge is -2.40. The van der Waals surface area contributed by atoms with Crippen molar-refractivity contribution in [3.63, 3.8) is 0 Å². The number of rotatable bonds is 6. The number of piperidine rings is 1. The normalized spacial score (nSPS) is 28.8. The zero-order valence-electron chi connectivity index (χ0n) is 16.9. The number of nitrogens with zero attached hydrogens (tertiary/aromatic N) is 1. The van der Waals surface area contributed by atoms with Crippen molar-refractivity contribution in [2.75, 3.05) is 13.1 Å². The third kappa shape index (κ3) is 4.96. The van der Waals surface area contributed by atoms with Crippen LogP contribution in [0.1, 0.15) is 43.2 Å². The Balaban J connectivity index is 1.23. The van der Waals surface area contributed by atoms with Crippen LogP contribution in [0.25, 0.3) is 0 Å². The number of hydrogen-bond donors (Lipinski definition) is 1. The Morgan fingerprint density at radius 2 is 1.86 bits per heavy atom. The molecule has 29 heavy (non-hydrogen) atoms. The van der Waals surface area contributed by atoms with Crippen LogP contribution in [0, 0.1) is 0 Å². The molecular weight excluding hydrogens is 367 g/mol. The van der Waals surface area contributed by atoms with Gasteiger partial charge < -0.3 is 15.0 Å². The summed E-state index contributed by atoms with van der Waals surface area (Å²) in [5.41, 5.74) is 0.994. The zero-order chi connectivity index (χ0) is 20.3. The van der Waals surface area contributed by atoms with Gasteiger partial charge in [0.1, 0.15) is 12.3 Å². The number of alkyl halides is 1. The smallest absolute Gasteiger partial charge is 0.410 e. The summed E-state index contributed by atoms with van der Waals surface area (Å²) < 4.78 is 20.8. The van der Waals surface area contributed by atoms with Gasteiger partial charge in [-0.25, -0.2) is 9.18 Å². The van der Waals surface area contributed by atoms with E-state index < -0.39 is 5.67 Å². The van der Waals surface area contributed by atoms with Gasteiger partial charge >= 0.3 is 6.09 Å². The summed E-state index contributed by atoms with van der Waals surface area (Å²) >= 11 is 0. The van der Waals surface area contributed by atoms with E-state index in [0.29, 0.717) is 37.9 Å². The van der Waals surface area contributed by atoms with Gasteiger partial charge in [0.05, 0.1) is 0 Å². The van der Waals surface area contributed by atoms with Crippen LogP contribution < -0.4 is 5.32 Å². The maximum atomic E-state index is 15.4. The third-order valence-corrected chi connectivity index (χ3v) is 6.13. The quantitative estimate of drug-likeness (QED) is 0.772. The van der Waals surface area contributed by atoms with Crippen LogP contribution in [-0.2, 0) is 11.3 Å². The molecule has 4 rings (SSSR count). The number of likely N-dealkylation sites (tertiary alicyclic amines) is 1. The van der Waals surface area contributed by atoms with E-state index in [-0.39, 0.29) is 18.7 Å². The Kier molecular flexibility index (Phi) is 5.86. The first-order valence-electron chi connectivity index (χ1n) is 10.5. The molecule has 1 aliphatic carbocycles. The first-order valence-corrected chi connectivity index (χ1v) is 10.5.